The zero-order valence-electron chi connectivity index (χ0n) is 12.1. The number of hydrogen-bond donors (Lipinski definition) is 1. The van der Waals surface area contributed by atoms with E-state index in [4.69, 9.17) is 15.2 Å². The summed E-state index contributed by atoms with van der Waals surface area (Å²) in [5, 5.41) is 0. The summed E-state index contributed by atoms with van der Waals surface area (Å²) in [6, 6.07) is 4.70. The monoisotopic (exact) mass is 282 g/mol. The summed E-state index contributed by atoms with van der Waals surface area (Å²) in [5.41, 5.74) is 6.98. The quantitative estimate of drug-likeness (QED) is 0.896. The predicted molar refractivity (Wildman–Crippen MR) is 76.4 cm³/mol. The van der Waals surface area contributed by atoms with Gasteiger partial charge in [0.2, 0.25) is 0 Å². The second-order valence-electron chi connectivity index (χ2n) is 5.16. The summed E-state index contributed by atoms with van der Waals surface area (Å²) in [6.45, 7) is 5.34. The van der Waals surface area contributed by atoms with Crippen LogP contribution in [0.15, 0.2) is 18.2 Å². The fourth-order valence-corrected chi connectivity index (χ4v) is 2.49. The Labute approximate surface area is 119 Å². The maximum atomic E-state index is 13.7. The standard InChI is InChI=1S/C15H23FN2O2/c1-3-12-9-18(6-7-20-12)10-14(17)11-4-5-15(19-2)13(16)8-11/h4-5,8,12,14H,3,6-7,9-10,17H2,1-2H3. The van der Waals surface area contributed by atoms with Crippen LogP contribution in [0.1, 0.15) is 24.9 Å². The Hall–Kier alpha value is -1.17. The Morgan fingerprint density at radius 1 is 1.55 bits per heavy atom. The van der Waals surface area contributed by atoms with Crippen LogP contribution in [0.5, 0.6) is 5.75 Å². The number of benzene rings is 1. The van der Waals surface area contributed by atoms with E-state index in [-0.39, 0.29) is 23.7 Å². The van der Waals surface area contributed by atoms with E-state index in [2.05, 4.69) is 11.8 Å². The lowest BCUT2D eigenvalue weighted by atomic mass is 10.1. The largest absolute Gasteiger partial charge is 0.494 e. The van der Waals surface area contributed by atoms with Gasteiger partial charge in [-0.1, -0.05) is 13.0 Å². The summed E-state index contributed by atoms with van der Waals surface area (Å²) in [7, 11) is 1.45. The van der Waals surface area contributed by atoms with Gasteiger partial charge in [-0.05, 0) is 24.1 Å². The summed E-state index contributed by atoms with van der Waals surface area (Å²) >= 11 is 0. The second kappa shape index (κ2) is 7.02. The average molecular weight is 282 g/mol. The fraction of sp³-hybridized carbons (Fsp3) is 0.600. The van der Waals surface area contributed by atoms with Crippen molar-refractivity contribution in [1.82, 2.24) is 4.90 Å². The molecule has 0 spiro atoms. The van der Waals surface area contributed by atoms with Crippen molar-refractivity contribution in [3.63, 3.8) is 0 Å². The molecule has 112 valence electrons. The van der Waals surface area contributed by atoms with Crippen LogP contribution >= 0.6 is 0 Å². The first-order valence-corrected chi connectivity index (χ1v) is 7.07. The van der Waals surface area contributed by atoms with Gasteiger partial charge in [0.15, 0.2) is 11.6 Å². The molecule has 5 heteroatoms. The smallest absolute Gasteiger partial charge is 0.165 e. The predicted octanol–water partition coefficient (Wildman–Crippen LogP) is 1.94. The highest BCUT2D eigenvalue weighted by molar-refractivity contribution is 5.31. The third-order valence-electron chi connectivity index (χ3n) is 3.74. The van der Waals surface area contributed by atoms with Crippen molar-refractivity contribution in [3.8, 4) is 5.75 Å². The molecule has 2 atom stereocenters. The second-order valence-corrected chi connectivity index (χ2v) is 5.16. The highest BCUT2D eigenvalue weighted by atomic mass is 19.1. The lowest BCUT2D eigenvalue weighted by Gasteiger charge is -2.34. The van der Waals surface area contributed by atoms with Crippen LogP contribution in [0.4, 0.5) is 4.39 Å². The maximum Gasteiger partial charge on any atom is 0.165 e. The molecule has 0 bridgehead atoms. The van der Waals surface area contributed by atoms with Crippen molar-refractivity contribution in [2.24, 2.45) is 5.73 Å². The minimum absolute atomic E-state index is 0.203. The fourth-order valence-electron chi connectivity index (χ4n) is 2.49. The Morgan fingerprint density at radius 2 is 2.35 bits per heavy atom. The van der Waals surface area contributed by atoms with Gasteiger partial charge in [0.1, 0.15) is 0 Å². The van der Waals surface area contributed by atoms with Gasteiger partial charge in [-0.2, -0.15) is 0 Å². The number of hydrogen-bond acceptors (Lipinski definition) is 4. The first-order valence-electron chi connectivity index (χ1n) is 7.07. The zero-order chi connectivity index (χ0) is 14.5. The van der Waals surface area contributed by atoms with E-state index in [1.807, 2.05) is 6.07 Å². The first-order chi connectivity index (χ1) is 9.63. The van der Waals surface area contributed by atoms with Crippen LogP contribution < -0.4 is 10.5 Å². The summed E-state index contributed by atoms with van der Waals surface area (Å²) in [6.07, 6.45) is 1.28. The van der Waals surface area contributed by atoms with Gasteiger partial charge in [0.25, 0.3) is 0 Å². The molecule has 1 aliphatic heterocycles. The molecule has 2 N–H and O–H groups in total. The van der Waals surface area contributed by atoms with Crippen molar-refractivity contribution in [1.29, 1.82) is 0 Å². The molecule has 1 saturated heterocycles. The van der Waals surface area contributed by atoms with Gasteiger partial charge < -0.3 is 15.2 Å². The molecule has 4 nitrogen and oxygen atoms in total. The van der Waals surface area contributed by atoms with Gasteiger partial charge >= 0.3 is 0 Å². The van der Waals surface area contributed by atoms with E-state index < -0.39 is 0 Å². The lowest BCUT2D eigenvalue weighted by Crippen LogP contribution is -2.44. The molecular weight excluding hydrogens is 259 g/mol. The number of halogens is 1. The molecule has 0 radical (unpaired) electrons. The molecular formula is C15H23FN2O2. The third kappa shape index (κ3) is 3.69. The molecule has 2 unspecified atom stereocenters. The van der Waals surface area contributed by atoms with Crippen molar-refractivity contribution in [2.45, 2.75) is 25.5 Å². The van der Waals surface area contributed by atoms with Crippen LogP contribution in [0.25, 0.3) is 0 Å². The molecule has 1 aromatic rings. The van der Waals surface area contributed by atoms with Gasteiger partial charge in [0.05, 0.1) is 19.8 Å². The van der Waals surface area contributed by atoms with Crippen LogP contribution in [0, 0.1) is 5.82 Å². The molecule has 2 rings (SSSR count). The average Bonchev–Trinajstić information content (AvgIpc) is 2.47. The van der Waals surface area contributed by atoms with E-state index in [0.717, 1.165) is 31.7 Å². The highest BCUT2D eigenvalue weighted by Gasteiger charge is 2.21. The Kier molecular flexibility index (Phi) is 5.34. The molecule has 1 fully saturated rings. The maximum absolute atomic E-state index is 13.7. The molecule has 0 aromatic heterocycles. The van der Waals surface area contributed by atoms with Crippen molar-refractivity contribution >= 4 is 0 Å². The van der Waals surface area contributed by atoms with Crippen LogP contribution in [-0.2, 0) is 4.74 Å². The number of morpholine rings is 1. The molecule has 1 aliphatic rings. The van der Waals surface area contributed by atoms with Crippen LogP contribution in [0.2, 0.25) is 0 Å². The van der Waals surface area contributed by atoms with E-state index in [9.17, 15) is 4.39 Å². The number of nitrogens with two attached hydrogens (primary N) is 1. The van der Waals surface area contributed by atoms with E-state index in [1.54, 1.807) is 6.07 Å². The SMILES string of the molecule is CCC1CN(CC(N)c2ccc(OC)c(F)c2)CCO1. The molecule has 1 heterocycles. The van der Waals surface area contributed by atoms with Gasteiger partial charge in [-0.15, -0.1) is 0 Å². The number of methoxy groups -OCH3 is 1. The van der Waals surface area contributed by atoms with Gasteiger partial charge in [-0.25, -0.2) is 4.39 Å². The van der Waals surface area contributed by atoms with Gasteiger partial charge in [-0.3, -0.25) is 4.90 Å². The van der Waals surface area contributed by atoms with Crippen molar-refractivity contribution < 1.29 is 13.9 Å². The number of rotatable bonds is 5. The summed E-state index contributed by atoms with van der Waals surface area (Å²) < 4.78 is 24.2. The first kappa shape index (κ1) is 15.2. The van der Waals surface area contributed by atoms with Crippen molar-refractivity contribution in [2.75, 3.05) is 33.4 Å². The Balaban J connectivity index is 1.97. The molecule has 0 aliphatic carbocycles. The van der Waals surface area contributed by atoms with Gasteiger partial charge in [0, 0.05) is 25.7 Å². The number of ether oxygens (including phenoxy) is 2. The molecule has 0 amide bonds. The summed E-state index contributed by atoms with van der Waals surface area (Å²) in [5.74, 6) is -0.118. The topological polar surface area (TPSA) is 47.7 Å². The van der Waals surface area contributed by atoms with E-state index in [1.165, 1.54) is 13.2 Å². The third-order valence-corrected chi connectivity index (χ3v) is 3.74. The minimum Gasteiger partial charge on any atom is -0.494 e. The molecule has 0 saturated carbocycles. The number of nitrogens with zero attached hydrogens (tertiary/aromatic N) is 1. The molecule has 1 aromatic carbocycles. The van der Waals surface area contributed by atoms with Crippen LogP contribution in [0.3, 0.4) is 0 Å². The normalized spacial score (nSPS) is 21.7. The van der Waals surface area contributed by atoms with E-state index >= 15 is 0 Å². The minimum atomic E-state index is -0.367. The molecule has 20 heavy (non-hydrogen) atoms. The van der Waals surface area contributed by atoms with E-state index in [0.29, 0.717) is 6.54 Å². The Bertz CT molecular complexity index is 442. The zero-order valence-corrected chi connectivity index (χ0v) is 12.1. The highest BCUT2D eigenvalue weighted by Crippen LogP contribution is 2.22. The summed E-state index contributed by atoms with van der Waals surface area (Å²) in [4.78, 5) is 2.28. The Morgan fingerprint density at radius 3 is 3.00 bits per heavy atom. The van der Waals surface area contributed by atoms with Crippen molar-refractivity contribution in [3.05, 3.63) is 29.6 Å². The van der Waals surface area contributed by atoms with Crippen LogP contribution in [-0.4, -0.2) is 44.4 Å². The lowest BCUT2D eigenvalue weighted by molar-refractivity contribution is -0.0312.